The van der Waals surface area contributed by atoms with E-state index < -0.39 is 6.10 Å². The van der Waals surface area contributed by atoms with Gasteiger partial charge in [0, 0.05) is 33.1 Å². The van der Waals surface area contributed by atoms with Crippen LogP contribution in [0.5, 0.6) is 0 Å². The average Bonchev–Trinajstić information content (AvgIpc) is 2.13. The lowest BCUT2D eigenvalue weighted by atomic mass is 10.3. The zero-order chi connectivity index (χ0) is 8.27. The molecule has 0 bridgehead atoms. The molecule has 1 saturated heterocycles. The summed E-state index contributed by atoms with van der Waals surface area (Å²) in [7, 11) is 0. The number of carbonyl (C=O) groups is 1. The Morgan fingerprint density at radius 3 is 3.09 bits per heavy atom. The van der Waals surface area contributed by atoms with Crippen molar-refractivity contribution in [2.24, 2.45) is 0 Å². The first kappa shape index (κ1) is 8.49. The van der Waals surface area contributed by atoms with Crippen molar-refractivity contribution in [2.75, 3.05) is 26.2 Å². The molecule has 1 aliphatic rings. The summed E-state index contributed by atoms with van der Waals surface area (Å²) < 4.78 is 0. The monoisotopic (exact) mass is 158 g/mol. The van der Waals surface area contributed by atoms with E-state index in [2.05, 4.69) is 5.32 Å². The lowest BCUT2D eigenvalue weighted by Crippen LogP contribution is -2.36. The maximum Gasteiger partial charge on any atom is 0.219 e. The highest BCUT2D eigenvalue weighted by Gasteiger charge is 2.16. The van der Waals surface area contributed by atoms with E-state index in [9.17, 15) is 9.90 Å². The third kappa shape index (κ3) is 2.48. The van der Waals surface area contributed by atoms with Crippen LogP contribution in [0.15, 0.2) is 0 Å². The van der Waals surface area contributed by atoms with Crippen molar-refractivity contribution in [3.05, 3.63) is 0 Å². The predicted molar refractivity (Wildman–Crippen MR) is 41.1 cm³/mol. The smallest absolute Gasteiger partial charge is 0.219 e. The molecule has 4 heteroatoms. The van der Waals surface area contributed by atoms with Gasteiger partial charge >= 0.3 is 0 Å². The van der Waals surface area contributed by atoms with E-state index in [1.165, 1.54) is 6.92 Å². The molecule has 0 aromatic carbocycles. The number of aliphatic hydroxyl groups is 1. The molecule has 2 N–H and O–H groups in total. The molecule has 0 spiro atoms. The van der Waals surface area contributed by atoms with Crippen LogP contribution >= 0.6 is 0 Å². The molecule has 11 heavy (non-hydrogen) atoms. The van der Waals surface area contributed by atoms with Gasteiger partial charge in [-0.05, 0) is 0 Å². The Balaban J connectivity index is 2.45. The van der Waals surface area contributed by atoms with E-state index in [1.54, 1.807) is 4.90 Å². The third-order valence-corrected chi connectivity index (χ3v) is 1.81. The Hall–Kier alpha value is -0.610. The zero-order valence-electron chi connectivity index (χ0n) is 6.71. The summed E-state index contributed by atoms with van der Waals surface area (Å²) in [5.74, 6) is 0.0350. The summed E-state index contributed by atoms with van der Waals surface area (Å²) in [5.41, 5.74) is 0. The average molecular weight is 158 g/mol. The Morgan fingerprint density at radius 2 is 2.45 bits per heavy atom. The quantitative estimate of drug-likeness (QED) is 0.465. The van der Waals surface area contributed by atoms with Gasteiger partial charge in [0.2, 0.25) is 5.91 Å². The first-order chi connectivity index (χ1) is 5.20. The molecular weight excluding hydrogens is 144 g/mol. The highest BCUT2D eigenvalue weighted by atomic mass is 16.3. The Labute approximate surface area is 66.2 Å². The van der Waals surface area contributed by atoms with E-state index >= 15 is 0 Å². The zero-order valence-corrected chi connectivity index (χ0v) is 6.71. The summed E-state index contributed by atoms with van der Waals surface area (Å²) >= 11 is 0. The number of rotatable bonds is 0. The maximum atomic E-state index is 10.9. The van der Waals surface area contributed by atoms with Crippen molar-refractivity contribution in [3.63, 3.8) is 0 Å². The molecule has 1 atom stereocenters. The Morgan fingerprint density at radius 1 is 1.73 bits per heavy atom. The van der Waals surface area contributed by atoms with Gasteiger partial charge in [0.05, 0.1) is 6.10 Å². The molecule has 0 aromatic rings. The molecule has 1 amide bonds. The van der Waals surface area contributed by atoms with Gasteiger partial charge in [-0.1, -0.05) is 0 Å². The van der Waals surface area contributed by atoms with Crippen LogP contribution in [0.25, 0.3) is 0 Å². The number of hydrogen-bond donors (Lipinski definition) is 2. The number of nitrogens with one attached hydrogen (secondary N) is 1. The summed E-state index contributed by atoms with van der Waals surface area (Å²) in [6.45, 7) is 4.05. The lowest BCUT2D eigenvalue weighted by Gasteiger charge is -2.19. The second kappa shape index (κ2) is 3.69. The van der Waals surface area contributed by atoms with Gasteiger partial charge in [-0.2, -0.15) is 0 Å². The number of nitrogens with zero attached hydrogens (tertiary/aromatic N) is 1. The van der Waals surface area contributed by atoms with Crippen molar-refractivity contribution in [1.82, 2.24) is 10.2 Å². The van der Waals surface area contributed by atoms with Gasteiger partial charge < -0.3 is 15.3 Å². The van der Waals surface area contributed by atoms with Gasteiger partial charge in [0.25, 0.3) is 0 Å². The standard InChI is InChI=1S/C7H14N2O2/c1-6(10)9-3-2-8-4-7(11)5-9/h7-8,11H,2-5H2,1H3/t7-/m0/s1. The van der Waals surface area contributed by atoms with Gasteiger partial charge in [-0.25, -0.2) is 0 Å². The van der Waals surface area contributed by atoms with Crippen molar-refractivity contribution in [2.45, 2.75) is 13.0 Å². The summed E-state index contributed by atoms with van der Waals surface area (Å²) in [6.07, 6.45) is -0.415. The predicted octanol–water partition coefficient (Wildman–Crippen LogP) is -1.20. The van der Waals surface area contributed by atoms with Gasteiger partial charge in [0.1, 0.15) is 0 Å². The molecule has 0 saturated carbocycles. The summed E-state index contributed by atoms with van der Waals surface area (Å²) in [6, 6.07) is 0. The van der Waals surface area contributed by atoms with Crippen molar-refractivity contribution in [3.8, 4) is 0 Å². The molecule has 1 aliphatic heterocycles. The van der Waals surface area contributed by atoms with Crippen LogP contribution in [0.4, 0.5) is 0 Å². The minimum absolute atomic E-state index is 0.0350. The van der Waals surface area contributed by atoms with Crippen molar-refractivity contribution in [1.29, 1.82) is 0 Å². The number of aliphatic hydroxyl groups excluding tert-OH is 1. The molecule has 1 rings (SSSR count). The fourth-order valence-corrected chi connectivity index (χ4v) is 1.18. The highest BCUT2D eigenvalue weighted by Crippen LogP contribution is 1.95. The molecule has 64 valence electrons. The normalized spacial score (nSPS) is 26.4. The molecule has 4 nitrogen and oxygen atoms in total. The minimum Gasteiger partial charge on any atom is -0.390 e. The van der Waals surface area contributed by atoms with Crippen LogP contribution in [-0.4, -0.2) is 48.2 Å². The van der Waals surface area contributed by atoms with Crippen LogP contribution in [-0.2, 0) is 4.79 Å². The van der Waals surface area contributed by atoms with E-state index in [4.69, 9.17) is 0 Å². The molecule has 0 unspecified atom stereocenters. The maximum absolute atomic E-state index is 10.9. The van der Waals surface area contributed by atoms with E-state index in [0.717, 1.165) is 6.54 Å². The molecule has 1 fully saturated rings. The van der Waals surface area contributed by atoms with Crippen LogP contribution in [0.3, 0.4) is 0 Å². The lowest BCUT2D eigenvalue weighted by molar-refractivity contribution is -0.129. The second-order valence-corrected chi connectivity index (χ2v) is 2.82. The fraction of sp³-hybridized carbons (Fsp3) is 0.857. The Bertz CT molecular complexity index is 149. The number of carbonyl (C=O) groups excluding carboxylic acids is 1. The number of β-amino-alcohol motifs (C(OH)–C–C–N with tert-alkyl or cyclic N) is 1. The van der Waals surface area contributed by atoms with Crippen LogP contribution in [0, 0.1) is 0 Å². The highest BCUT2D eigenvalue weighted by molar-refractivity contribution is 5.73. The van der Waals surface area contributed by atoms with Gasteiger partial charge in [-0.15, -0.1) is 0 Å². The second-order valence-electron chi connectivity index (χ2n) is 2.82. The largest absolute Gasteiger partial charge is 0.390 e. The molecule has 0 aromatic heterocycles. The molecule has 1 heterocycles. The third-order valence-electron chi connectivity index (χ3n) is 1.81. The van der Waals surface area contributed by atoms with Gasteiger partial charge in [0.15, 0.2) is 0 Å². The van der Waals surface area contributed by atoms with Crippen molar-refractivity contribution >= 4 is 5.91 Å². The molecule has 0 radical (unpaired) electrons. The first-order valence-electron chi connectivity index (χ1n) is 3.84. The Kier molecular flexibility index (Phi) is 2.84. The van der Waals surface area contributed by atoms with Crippen LogP contribution in [0.2, 0.25) is 0 Å². The summed E-state index contributed by atoms with van der Waals surface area (Å²) in [5, 5.41) is 12.3. The number of hydrogen-bond acceptors (Lipinski definition) is 3. The van der Waals surface area contributed by atoms with E-state index in [-0.39, 0.29) is 5.91 Å². The van der Waals surface area contributed by atoms with Gasteiger partial charge in [-0.3, -0.25) is 4.79 Å². The van der Waals surface area contributed by atoms with Crippen molar-refractivity contribution < 1.29 is 9.90 Å². The topological polar surface area (TPSA) is 52.6 Å². The van der Waals surface area contributed by atoms with E-state index in [0.29, 0.717) is 19.6 Å². The van der Waals surface area contributed by atoms with Crippen LogP contribution in [0.1, 0.15) is 6.92 Å². The van der Waals surface area contributed by atoms with E-state index in [1.807, 2.05) is 0 Å². The molecule has 0 aliphatic carbocycles. The summed E-state index contributed by atoms with van der Waals surface area (Å²) in [4.78, 5) is 12.5. The van der Waals surface area contributed by atoms with Crippen LogP contribution < -0.4 is 5.32 Å². The number of amides is 1. The fourth-order valence-electron chi connectivity index (χ4n) is 1.18. The minimum atomic E-state index is -0.415. The SMILES string of the molecule is CC(=O)N1CCNC[C@H](O)C1. The first-order valence-corrected chi connectivity index (χ1v) is 3.84. The molecular formula is C7H14N2O2.